The lowest BCUT2D eigenvalue weighted by Gasteiger charge is -2.34. The molecule has 0 radical (unpaired) electrons. The lowest BCUT2D eigenvalue weighted by molar-refractivity contribution is -0.137. The number of hydrogen-bond acceptors (Lipinski definition) is 4. The van der Waals surface area contributed by atoms with E-state index in [-0.39, 0.29) is 11.8 Å². The Morgan fingerprint density at radius 1 is 1.21 bits per heavy atom. The van der Waals surface area contributed by atoms with Gasteiger partial charge in [-0.15, -0.1) is 11.3 Å². The number of piperidine rings is 1. The van der Waals surface area contributed by atoms with Gasteiger partial charge in [-0.2, -0.15) is 13.2 Å². The van der Waals surface area contributed by atoms with Gasteiger partial charge in [0.05, 0.1) is 5.56 Å². The standard InChI is InChI=1S/C20H22F3N3OS/c21-20(22,23)16-1-6-24-18(12-16)25-7-2-14(3-8-25)11-19(27)26-9-4-17-15(13-26)5-10-28-17/h1,5-6,10,12,14H,2-4,7-9,11,13H2. The minimum absolute atomic E-state index is 0.187. The van der Waals surface area contributed by atoms with E-state index in [9.17, 15) is 18.0 Å². The van der Waals surface area contributed by atoms with Gasteiger partial charge in [0.25, 0.3) is 0 Å². The van der Waals surface area contributed by atoms with Crippen LogP contribution in [0.3, 0.4) is 0 Å². The number of amides is 1. The summed E-state index contributed by atoms with van der Waals surface area (Å²) in [6.07, 6.45) is -0.119. The minimum atomic E-state index is -4.36. The molecule has 4 nitrogen and oxygen atoms in total. The zero-order valence-corrected chi connectivity index (χ0v) is 16.2. The highest BCUT2D eigenvalue weighted by Crippen LogP contribution is 2.32. The number of nitrogens with zero attached hydrogens (tertiary/aromatic N) is 3. The Balaban J connectivity index is 1.31. The molecule has 2 aromatic heterocycles. The maximum absolute atomic E-state index is 12.9. The van der Waals surface area contributed by atoms with Gasteiger partial charge >= 0.3 is 6.18 Å². The van der Waals surface area contributed by atoms with Crippen molar-refractivity contribution in [3.8, 4) is 0 Å². The van der Waals surface area contributed by atoms with E-state index in [1.54, 1.807) is 11.3 Å². The van der Waals surface area contributed by atoms with E-state index < -0.39 is 11.7 Å². The van der Waals surface area contributed by atoms with Gasteiger partial charge in [-0.25, -0.2) is 4.98 Å². The average Bonchev–Trinajstić information content (AvgIpc) is 3.16. The first-order valence-electron chi connectivity index (χ1n) is 9.51. The van der Waals surface area contributed by atoms with E-state index in [1.807, 2.05) is 9.80 Å². The molecule has 150 valence electrons. The highest BCUT2D eigenvalue weighted by molar-refractivity contribution is 7.10. The van der Waals surface area contributed by atoms with E-state index in [0.29, 0.717) is 31.9 Å². The van der Waals surface area contributed by atoms with Crippen LogP contribution in [-0.4, -0.2) is 35.4 Å². The number of rotatable bonds is 3. The average molecular weight is 409 g/mol. The van der Waals surface area contributed by atoms with Crippen LogP contribution < -0.4 is 4.90 Å². The molecule has 0 aromatic carbocycles. The number of anilines is 1. The molecule has 1 saturated heterocycles. The summed E-state index contributed by atoms with van der Waals surface area (Å²) in [7, 11) is 0. The van der Waals surface area contributed by atoms with Gasteiger partial charge in [-0.05, 0) is 54.3 Å². The molecule has 1 fully saturated rings. The smallest absolute Gasteiger partial charge is 0.357 e. The molecule has 4 heterocycles. The van der Waals surface area contributed by atoms with Gasteiger partial charge in [0.1, 0.15) is 5.82 Å². The molecule has 4 rings (SSSR count). The van der Waals surface area contributed by atoms with Crippen LogP contribution in [0.15, 0.2) is 29.8 Å². The van der Waals surface area contributed by atoms with Crippen LogP contribution in [0.4, 0.5) is 19.0 Å². The van der Waals surface area contributed by atoms with Crippen LogP contribution in [0.2, 0.25) is 0 Å². The molecule has 0 bridgehead atoms. The van der Waals surface area contributed by atoms with Crippen molar-refractivity contribution >= 4 is 23.1 Å². The number of aromatic nitrogens is 1. The molecule has 0 unspecified atom stereocenters. The maximum Gasteiger partial charge on any atom is 0.416 e. The number of carbonyl (C=O) groups excluding carboxylic acids is 1. The summed E-state index contributed by atoms with van der Waals surface area (Å²) in [5.41, 5.74) is 0.586. The largest absolute Gasteiger partial charge is 0.416 e. The van der Waals surface area contributed by atoms with E-state index in [4.69, 9.17) is 0 Å². The molecule has 0 aliphatic carbocycles. The Hall–Kier alpha value is -2.09. The number of hydrogen-bond donors (Lipinski definition) is 0. The second kappa shape index (κ2) is 7.73. The van der Waals surface area contributed by atoms with Crippen molar-refractivity contribution < 1.29 is 18.0 Å². The monoisotopic (exact) mass is 409 g/mol. The molecule has 8 heteroatoms. The first kappa shape index (κ1) is 19.2. The summed E-state index contributed by atoms with van der Waals surface area (Å²) in [4.78, 5) is 22.0. The third-order valence-electron chi connectivity index (χ3n) is 5.64. The van der Waals surface area contributed by atoms with Gasteiger partial charge in [0, 0.05) is 43.7 Å². The number of thiophene rings is 1. The van der Waals surface area contributed by atoms with Gasteiger partial charge in [0.2, 0.25) is 5.91 Å². The van der Waals surface area contributed by atoms with E-state index in [1.165, 1.54) is 16.6 Å². The predicted octanol–water partition coefficient (Wildman–Crippen LogP) is 4.35. The predicted molar refractivity (Wildman–Crippen MR) is 102 cm³/mol. The highest BCUT2D eigenvalue weighted by atomic mass is 32.1. The van der Waals surface area contributed by atoms with Crippen molar-refractivity contribution in [3.05, 3.63) is 45.8 Å². The number of halogens is 3. The molecular weight excluding hydrogens is 387 g/mol. The van der Waals surface area contributed by atoms with Gasteiger partial charge in [-0.3, -0.25) is 4.79 Å². The third kappa shape index (κ3) is 4.16. The van der Waals surface area contributed by atoms with Crippen LogP contribution in [-0.2, 0) is 23.9 Å². The summed E-state index contributed by atoms with van der Waals surface area (Å²) in [5, 5.41) is 2.08. The highest BCUT2D eigenvalue weighted by Gasteiger charge is 2.32. The molecular formula is C20H22F3N3OS. The van der Waals surface area contributed by atoms with E-state index in [0.717, 1.165) is 37.9 Å². The molecule has 1 amide bonds. The van der Waals surface area contributed by atoms with Crippen molar-refractivity contribution in [3.63, 3.8) is 0 Å². The summed E-state index contributed by atoms with van der Waals surface area (Å²) < 4.78 is 38.7. The Morgan fingerprint density at radius 3 is 2.75 bits per heavy atom. The normalized spacial score (nSPS) is 18.2. The lowest BCUT2D eigenvalue weighted by atomic mass is 9.92. The number of fused-ring (bicyclic) bond motifs is 1. The summed E-state index contributed by atoms with van der Waals surface area (Å²) in [6, 6.07) is 4.20. The van der Waals surface area contributed by atoms with Crippen LogP contribution in [0.25, 0.3) is 0 Å². The molecule has 28 heavy (non-hydrogen) atoms. The van der Waals surface area contributed by atoms with E-state index >= 15 is 0 Å². The fraction of sp³-hybridized carbons (Fsp3) is 0.500. The lowest BCUT2D eigenvalue weighted by Crippen LogP contribution is -2.39. The summed E-state index contributed by atoms with van der Waals surface area (Å²) in [5.74, 6) is 0.825. The minimum Gasteiger partial charge on any atom is -0.357 e. The van der Waals surface area contributed by atoms with E-state index in [2.05, 4.69) is 16.4 Å². The van der Waals surface area contributed by atoms with Crippen molar-refractivity contribution in [1.29, 1.82) is 0 Å². The molecule has 2 aromatic rings. The van der Waals surface area contributed by atoms with Gasteiger partial charge in [-0.1, -0.05) is 0 Å². The topological polar surface area (TPSA) is 36.4 Å². The molecule has 0 saturated carbocycles. The van der Waals surface area contributed by atoms with Gasteiger partial charge < -0.3 is 9.80 Å². The molecule has 0 spiro atoms. The Labute approximate surface area is 166 Å². The van der Waals surface area contributed by atoms with Crippen molar-refractivity contribution in [2.24, 2.45) is 5.92 Å². The first-order valence-corrected chi connectivity index (χ1v) is 10.4. The van der Waals surface area contributed by atoms with Crippen LogP contribution in [0.5, 0.6) is 0 Å². The SMILES string of the molecule is O=C(CC1CCN(c2cc(C(F)(F)F)ccn2)CC1)N1CCc2sccc2C1. The van der Waals surface area contributed by atoms with Crippen molar-refractivity contribution in [2.75, 3.05) is 24.5 Å². The Bertz CT molecular complexity index is 843. The van der Waals surface area contributed by atoms with Crippen LogP contribution in [0.1, 0.15) is 35.3 Å². The van der Waals surface area contributed by atoms with Crippen molar-refractivity contribution in [1.82, 2.24) is 9.88 Å². The van der Waals surface area contributed by atoms with Crippen LogP contribution in [0, 0.1) is 5.92 Å². The van der Waals surface area contributed by atoms with Gasteiger partial charge in [0.15, 0.2) is 0 Å². The summed E-state index contributed by atoms with van der Waals surface area (Å²) >= 11 is 1.76. The Kier molecular flexibility index (Phi) is 5.31. The quantitative estimate of drug-likeness (QED) is 0.756. The number of alkyl halides is 3. The molecule has 0 N–H and O–H groups in total. The Morgan fingerprint density at radius 2 is 2.00 bits per heavy atom. The molecule has 2 aliphatic rings. The number of carbonyl (C=O) groups is 1. The zero-order chi connectivity index (χ0) is 19.7. The van der Waals surface area contributed by atoms with Crippen LogP contribution >= 0.6 is 11.3 Å². The number of pyridine rings is 1. The maximum atomic E-state index is 12.9. The third-order valence-corrected chi connectivity index (χ3v) is 6.66. The first-order chi connectivity index (χ1) is 13.4. The molecule has 2 aliphatic heterocycles. The second-order valence-electron chi connectivity index (χ2n) is 7.47. The summed E-state index contributed by atoms with van der Waals surface area (Å²) in [6.45, 7) is 2.73. The zero-order valence-electron chi connectivity index (χ0n) is 15.4. The van der Waals surface area contributed by atoms with Crippen molar-refractivity contribution in [2.45, 2.75) is 38.4 Å². The molecule has 0 atom stereocenters. The second-order valence-corrected chi connectivity index (χ2v) is 8.47. The fourth-order valence-electron chi connectivity index (χ4n) is 3.97. The fourth-order valence-corrected chi connectivity index (χ4v) is 4.86.